The third-order valence-electron chi connectivity index (χ3n) is 6.51. The van der Waals surface area contributed by atoms with Crippen molar-refractivity contribution in [2.45, 2.75) is 31.8 Å². The number of rotatable bonds is 5. The lowest BCUT2D eigenvalue weighted by Gasteiger charge is -2.47. The van der Waals surface area contributed by atoms with E-state index in [-0.39, 0.29) is 24.4 Å². The average molecular weight is 418 g/mol. The minimum atomic E-state index is -0.484. The number of carbonyl (C=O) groups is 2. The molecule has 2 atom stereocenters. The molecule has 0 bridgehead atoms. The molecule has 160 valence electrons. The van der Waals surface area contributed by atoms with Gasteiger partial charge in [-0.05, 0) is 30.5 Å². The number of H-pyrrole nitrogens is 1. The normalized spacial score (nSPS) is 20.8. The number of hydrogen-bond acceptors (Lipinski definition) is 3. The zero-order chi connectivity index (χ0) is 21.5. The van der Waals surface area contributed by atoms with E-state index in [4.69, 9.17) is 4.74 Å². The molecule has 1 saturated heterocycles. The van der Waals surface area contributed by atoms with Gasteiger partial charge in [-0.1, -0.05) is 48.0 Å². The number of ether oxygens (including phenoxy) is 1. The van der Waals surface area contributed by atoms with Gasteiger partial charge in [0.1, 0.15) is 6.04 Å². The molecule has 2 aliphatic heterocycles. The highest BCUT2D eigenvalue weighted by Crippen LogP contribution is 2.42. The Labute approximate surface area is 181 Å². The van der Waals surface area contributed by atoms with Gasteiger partial charge in [0.2, 0.25) is 11.8 Å². The maximum atomic E-state index is 13.5. The van der Waals surface area contributed by atoms with E-state index in [0.717, 1.165) is 34.1 Å². The molecular formula is C25H27N3O3. The molecule has 0 aliphatic carbocycles. The second kappa shape index (κ2) is 7.85. The van der Waals surface area contributed by atoms with Crippen LogP contribution < -0.4 is 0 Å². The molecule has 1 aromatic heterocycles. The Morgan fingerprint density at radius 1 is 1.10 bits per heavy atom. The molecule has 1 fully saturated rings. The van der Waals surface area contributed by atoms with Gasteiger partial charge in [0.05, 0.1) is 12.6 Å². The number of methoxy groups -OCH3 is 1. The van der Waals surface area contributed by atoms with Crippen LogP contribution in [0.1, 0.15) is 34.8 Å². The minimum absolute atomic E-state index is 0.00287. The third-order valence-corrected chi connectivity index (χ3v) is 6.51. The van der Waals surface area contributed by atoms with E-state index in [1.54, 1.807) is 12.0 Å². The number of carbonyl (C=O) groups excluding carboxylic acids is 2. The lowest BCUT2D eigenvalue weighted by molar-refractivity contribution is -0.158. The maximum Gasteiger partial charge on any atom is 0.246 e. The molecule has 6 heteroatoms. The van der Waals surface area contributed by atoms with Crippen LogP contribution in [0, 0.1) is 6.92 Å². The molecule has 3 heterocycles. The third kappa shape index (κ3) is 3.31. The first kappa shape index (κ1) is 19.8. The second-order valence-electron chi connectivity index (χ2n) is 8.50. The highest BCUT2D eigenvalue weighted by molar-refractivity contribution is 5.97. The fourth-order valence-electron chi connectivity index (χ4n) is 5.01. The van der Waals surface area contributed by atoms with Gasteiger partial charge in [-0.25, -0.2) is 0 Å². The summed E-state index contributed by atoms with van der Waals surface area (Å²) in [6.07, 6.45) is 1.26. The molecule has 5 rings (SSSR count). The van der Waals surface area contributed by atoms with Crippen molar-refractivity contribution in [1.29, 1.82) is 0 Å². The summed E-state index contributed by atoms with van der Waals surface area (Å²) in [5.41, 5.74) is 5.40. The molecule has 0 saturated carbocycles. The van der Waals surface area contributed by atoms with Gasteiger partial charge in [-0.2, -0.15) is 0 Å². The minimum Gasteiger partial charge on any atom is -0.385 e. The van der Waals surface area contributed by atoms with Crippen molar-refractivity contribution in [2.24, 2.45) is 0 Å². The summed E-state index contributed by atoms with van der Waals surface area (Å²) in [4.78, 5) is 33.9. The van der Waals surface area contributed by atoms with E-state index in [1.807, 2.05) is 17.0 Å². The zero-order valence-electron chi connectivity index (χ0n) is 17.9. The van der Waals surface area contributed by atoms with Crippen LogP contribution in [0.4, 0.5) is 0 Å². The van der Waals surface area contributed by atoms with E-state index in [2.05, 4.69) is 48.3 Å². The van der Waals surface area contributed by atoms with Gasteiger partial charge in [0.25, 0.3) is 0 Å². The fourth-order valence-corrected chi connectivity index (χ4v) is 5.01. The first-order chi connectivity index (χ1) is 15.1. The van der Waals surface area contributed by atoms with Gasteiger partial charge in [-0.3, -0.25) is 9.59 Å². The topological polar surface area (TPSA) is 65.6 Å². The molecule has 2 amide bonds. The number of nitrogens with zero attached hydrogens (tertiary/aromatic N) is 2. The van der Waals surface area contributed by atoms with E-state index in [0.29, 0.717) is 19.6 Å². The van der Waals surface area contributed by atoms with Gasteiger partial charge in [0, 0.05) is 43.3 Å². The SMILES string of the molecule is COCCCN1CC(=O)N2C(c3ccc(C)cc3)c3[nH]c4ccccc4c3C[C@H]2C1=O. The van der Waals surface area contributed by atoms with Gasteiger partial charge < -0.3 is 19.5 Å². The molecule has 31 heavy (non-hydrogen) atoms. The highest BCUT2D eigenvalue weighted by Gasteiger charge is 2.47. The van der Waals surface area contributed by atoms with Gasteiger partial charge >= 0.3 is 0 Å². The number of fused-ring (bicyclic) bond motifs is 4. The van der Waals surface area contributed by atoms with Crippen LogP contribution in [0.5, 0.6) is 0 Å². The van der Waals surface area contributed by atoms with Crippen LogP contribution in [0.25, 0.3) is 10.9 Å². The number of benzene rings is 2. The van der Waals surface area contributed by atoms with E-state index >= 15 is 0 Å². The first-order valence-electron chi connectivity index (χ1n) is 10.8. The number of piperazine rings is 1. The Kier molecular flexibility index (Phi) is 5.02. The van der Waals surface area contributed by atoms with E-state index in [1.165, 1.54) is 5.56 Å². The largest absolute Gasteiger partial charge is 0.385 e. The number of hydrogen-bond donors (Lipinski definition) is 1. The van der Waals surface area contributed by atoms with Crippen LogP contribution in [-0.2, 0) is 20.7 Å². The number of aromatic amines is 1. The number of nitrogens with one attached hydrogen (secondary N) is 1. The van der Waals surface area contributed by atoms with Crippen molar-refractivity contribution in [1.82, 2.24) is 14.8 Å². The Morgan fingerprint density at radius 2 is 1.87 bits per heavy atom. The summed E-state index contributed by atoms with van der Waals surface area (Å²) in [5.74, 6) is 0.0284. The Balaban J connectivity index is 1.61. The number of aryl methyl sites for hydroxylation is 1. The summed E-state index contributed by atoms with van der Waals surface area (Å²) >= 11 is 0. The summed E-state index contributed by atoms with van der Waals surface area (Å²) in [6, 6.07) is 15.7. The predicted molar refractivity (Wildman–Crippen MR) is 119 cm³/mol. The van der Waals surface area contributed by atoms with Gasteiger partial charge in [0.15, 0.2) is 0 Å². The fraction of sp³-hybridized carbons (Fsp3) is 0.360. The van der Waals surface area contributed by atoms with E-state index < -0.39 is 6.04 Å². The van der Waals surface area contributed by atoms with Crippen LogP contribution in [0.3, 0.4) is 0 Å². The highest BCUT2D eigenvalue weighted by atomic mass is 16.5. The molecule has 1 N–H and O–H groups in total. The van der Waals surface area contributed by atoms with Crippen LogP contribution in [-0.4, -0.2) is 59.4 Å². The smallest absolute Gasteiger partial charge is 0.246 e. The molecule has 3 aromatic rings. The molecule has 2 aromatic carbocycles. The monoisotopic (exact) mass is 417 g/mol. The Hall–Kier alpha value is -3.12. The van der Waals surface area contributed by atoms with E-state index in [9.17, 15) is 9.59 Å². The van der Waals surface area contributed by atoms with Crippen LogP contribution >= 0.6 is 0 Å². The van der Waals surface area contributed by atoms with Crippen molar-refractivity contribution in [3.63, 3.8) is 0 Å². The van der Waals surface area contributed by atoms with Crippen molar-refractivity contribution in [2.75, 3.05) is 26.8 Å². The number of aromatic nitrogens is 1. The molecule has 2 aliphatic rings. The van der Waals surface area contributed by atoms with Crippen LogP contribution in [0.15, 0.2) is 48.5 Å². The van der Waals surface area contributed by atoms with Crippen molar-refractivity contribution < 1.29 is 14.3 Å². The number of para-hydroxylation sites is 1. The molecule has 0 spiro atoms. The lowest BCUT2D eigenvalue weighted by Crippen LogP contribution is -2.63. The maximum absolute atomic E-state index is 13.5. The average Bonchev–Trinajstić information content (AvgIpc) is 3.15. The Morgan fingerprint density at radius 3 is 2.65 bits per heavy atom. The molecular weight excluding hydrogens is 390 g/mol. The number of amides is 2. The first-order valence-corrected chi connectivity index (χ1v) is 10.8. The molecule has 1 unspecified atom stereocenters. The molecule has 0 radical (unpaired) electrons. The van der Waals surface area contributed by atoms with Crippen molar-refractivity contribution in [3.8, 4) is 0 Å². The van der Waals surface area contributed by atoms with Crippen molar-refractivity contribution in [3.05, 3.63) is 70.9 Å². The summed E-state index contributed by atoms with van der Waals surface area (Å²) in [7, 11) is 1.65. The predicted octanol–water partition coefficient (Wildman–Crippen LogP) is 3.20. The van der Waals surface area contributed by atoms with Crippen LogP contribution in [0.2, 0.25) is 0 Å². The standard InChI is InChI=1S/C25H27N3O3/c1-16-8-10-17(11-9-16)24-23-19(18-6-3-4-7-20(18)26-23)14-21-25(30)27(12-5-13-31-2)15-22(29)28(21)24/h3-4,6-11,21,24,26H,5,12-15H2,1-2H3/t21-,24?/m0/s1. The summed E-state index contributed by atoms with van der Waals surface area (Å²) in [5, 5.41) is 1.13. The van der Waals surface area contributed by atoms with Gasteiger partial charge in [-0.15, -0.1) is 0 Å². The second-order valence-corrected chi connectivity index (χ2v) is 8.50. The summed E-state index contributed by atoms with van der Waals surface area (Å²) < 4.78 is 5.13. The van der Waals surface area contributed by atoms with Crippen molar-refractivity contribution >= 4 is 22.7 Å². The lowest BCUT2D eigenvalue weighted by atomic mass is 9.86. The summed E-state index contributed by atoms with van der Waals surface area (Å²) in [6.45, 7) is 3.29. The zero-order valence-corrected chi connectivity index (χ0v) is 17.9. The molecule has 6 nitrogen and oxygen atoms in total. The Bertz CT molecular complexity index is 1130. The quantitative estimate of drug-likeness (QED) is 0.649.